The summed E-state index contributed by atoms with van der Waals surface area (Å²) >= 11 is 0. The Morgan fingerprint density at radius 1 is 1.10 bits per heavy atom. The normalized spacial score (nSPS) is 10.0. The quantitative estimate of drug-likeness (QED) is 0.646. The van der Waals surface area contributed by atoms with Crippen LogP contribution in [0.15, 0.2) is 42.5 Å². The lowest BCUT2D eigenvalue weighted by atomic mass is 10.2. The van der Waals surface area contributed by atoms with E-state index in [0.717, 1.165) is 5.75 Å². The second-order valence-electron chi connectivity index (χ2n) is 4.23. The lowest BCUT2D eigenvalue weighted by molar-refractivity contribution is -0.384. The van der Waals surface area contributed by atoms with Gasteiger partial charge in [-0.05, 0) is 31.2 Å². The minimum atomic E-state index is -0.452. The van der Waals surface area contributed by atoms with Gasteiger partial charge in [0.05, 0.1) is 17.6 Å². The molecule has 6 nitrogen and oxygen atoms in total. The van der Waals surface area contributed by atoms with E-state index in [4.69, 9.17) is 9.47 Å². The minimum absolute atomic E-state index is 0.0252. The van der Waals surface area contributed by atoms with E-state index in [2.05, 4.69) is 5.32 Å². The van der Waals surface area contributed by atoms with Crippen LogP contribution in [-0.2, 0) is 0 Å². The summed E-state index contributed by atoms with van der Waals surface area (Å²) in [4.78, 5) is 10.4. The van der Waals surface area contributed by atoms with E-state index >= 15 is 0 Å². The first-order valence-electron chi connectivity index (χ1n) is 6.50. The first-order chi connectivity index (χ1) is 10.1. The zero-order valence-electron chi connectivity index (χ0n) is 11.8. The lowest BCUT2D eigenvalue weighted by Gasteiger charge is -2.09. The molecule has 0 unspecified atom stereocenters. The Morgan fingerprint density at radius 2 is 1.76 bits per heavy atom. The maximum absolute atomic E-state index is 10.9. The summed E-state index contributed by atoms with van der Waals surface area (Å²) in [5, 5.41) is 13.8. The van der Waals surface area contributed by atoms with Crippen LogP contribution in [0.5, 0.6) is 17.2 Å². The third-order valence-corrected chi connectivity index (χ3v) is 2.76. The fraction of sp³-hybridized carbons (Fsp3) is 0.200. The van der Waals surface area contributed by atoms with E-state index in [1.54, 1.807) is 37.4 Å². The summed E-state index contributed by atoms with van der Waals surface area (Å²) < 4.78 is 11.0. The van der Waals surface area contributed by atoms with Crippen LogP contribution in [0.4, 0.5) is 11.4 Å². The van der Waals surface area contributed by atoms with Crippen LogP contribution < -0.4 is 14.8 Å². The zero-order chi connectivity index (χ0) is 15.2. The molecule has 2 aromatic rings. The number of nitrogens with zero attached hydrogens (tertiary/aromatic N) is 1. The van der Waals surface area contributed by atoms with Gasteiger partial charge in [-0.1, -0.05) is 0 Å². The van der Waals surface area contributed by atoms with Crippen LogP contribution in [0, 0.1) is 10.1 Å². The van der Waals surface area contributed by atoms with Gasteiger partial charge in [-0.15, -0.1) is 0 Å². The van der Waals surface area contributed by atoms with Gasteiger partial charge in [0.25, 0.3) is 5.69 Å². The van der Waals surface area contributed by atoms with Crippen molar-refractivity contribution in [3.8, 4) is 17.2 Å². The minimum Gasteiger partial charge on any atom is -0.494 e. The standard InChI is InChI=1S/C15H16N2O4/c1-3-20-13-4-6-14(7-5-13)21-15-9-11(16-2)8-12(10-15)17(18)19/h4-10,16H,3H2,1-2H3. The van der Waals surface area contributed by atoms with Crippen molar-refractivity contribution >= 4 is 11.4 Å². The molecule has 21 heavy (non-hydrogen) atoms. The third-order valence-electron chi connectivity index (χ3n) is 2.76. The number of ether oxygens (including phenoxy) is 2. The molecule has 2 rings (SSSR count). The Kier molecular flexibility index (Phi) is 4.61. The van der Waals surface area contributed by atoms with E-state index < -0.39 is 4.92 Å². The Balaban J connectivity index is 2.21. The molecule has 0 aliphatic rings. The molecule has 0 fully saturated rings. The summed E-state index contributed by atoms with van der Waals surface area (Å²) in [6.07, 6.45) is 0. The third kappa shape index (κ3) is 3.85. The number of anilines is 1. The zero-order valence-corrected chi connectivity index (χ0v) is 11.8. The molecule has 0 saturated heterocycles. The Bertz CT molecular complexity index is 626. The van der Waals surface area contributed by atoms with E-state index in [1.807, 2.05) is 6.92 Å². The number of non-ortho nitro benzene ring substituents is 1. The van der Waals surface area contributed by atoms with Crippen LogP contribution in [0.2, 0.25) is 0 Å². The van der Waals surface area contributed by atoms with Crippen molar-refractivity contribution in [3.63, 3.8) is 0 Å². The van der Waals surface area contributed by atoms with Gasteiger partial charge in [-0.2, -0.15) is 0 Å². The molecule has 1 N–H and O–H groups in total. The van der Waals surface area contributed by atoms with Crippen molar-refractivity contribution in [3.05, 3.63) is 52.6 Å². The fourth-order valence-electron chi connectivity index (χ4n) is 1.80. The first kappa shape index (κ1) is 14.6. The highest BCUT2D eigenvalue weighted by atomic mass is 16.6. The van der Waals surface area contributed by atoms with Gasteiger partial charge in [0.1, 0.15) is 17.2 Å². The summed E-state index contributed by atoms with van der Waals surface area (Å²) in [5.41, 5.74) is 0.591. The number of nitrogens with one attached hydrogen (secondary N) is 1. The molecule has 0 saturated carbocycles. The van der Waals surface area contributed by atoms with Crippen molar-refractivity contribution < 1.29 is 14.4 Å². The molecule has 0 aromatic heterocycles. The van der Waals surface area contributed by atoms with E-state index in [-0.39, 0.29) is 5.69 Å². The molecule has 0 aliphatic heterocycles. The van der Waals surface area contributed by atoms with Crippen molar-refractivity contribution in [2.45, 2.75) is 6.92 Å². The Hall–Kier alpha value is -2.76. The van der Waals surface area contributed by atoms with Crippen LogP contribution in [0.3, 0.4) is 0 Å². The second-order valence-corrected chi connectivity index (χ2v) is 4.23. The van der Waals surface area contributed by atoms with Crippen LogP contribution in [0.25, 0.3) is 0 Å². The molecular weight excluding hydrogens is 272 g/mol. The molecule has 0 spiro atoms. The first-order valence-corrected chi connectivity index (χ1v) is 6.50. The highest BCUT2D eigenvalue weighted by Gasteiger charge is 2.10. The number of benzene rings is 2. The van der Waals surface area contributed by atoms with Gasteiger partial charge in [0.2, 0.25) is 0 Å². The predicted octanol–water partition coefficient (Wildman–Crippen LogP) is 3.83. The summed E-state index contributed by atoms with van der Waals surface area (Å²) in [6, 6.07) is 11.6. The van der Waals surface area contributed by atoms with E-state index in [9.17, 15) is 10.1 Å². The smallest absolute Gasteiger partial charge is 0.275 e. The maximum Gasteiger partial charge on any atom is 0.275 e. The predicted molar refractivity (Wildman–Crippen MR) is 80.3 cm³/mol. The Labute approximate surface area is 122 Å². The Morgan fingerprint density at radius 3 is 2.33 bits per heavy atom. The van der Waals surface area contributed by atoms with Crippen molar-refractivity contribution in [1.29, 1.82) is 0 Å². The van der Waals surface area contributed by atoms with Gasteiger partial charge in [-0.3, -0.25) is 10.1 Å². The average Bonchev–Trinajstić information content (AvgIpc) is 2.49. The molecule has 0 heterocycles. The highest BCUT2D eigenvalue weighted by Crippen LogP contribution is 2.30. The average molecular weight is 288 g/mol. The molecule has 6 heteroatoms. The molecule has 0 aliphatic carbocycles. The van der Waals surface area contributed by atoms with Crippen molar-refractivity contribution in [1.82, 2.24) is 0 Å². The van der Waals surface area contributed by atoms with Gasteiger partial charge in [0.15, 0.2) is 0 Å². The highest BCUT2D eigenvalue weighted by molar-refractivity contribution is 5.56. The van der Waals surface area contributed by atoms with Gasteiger partial charge in [0, 0.05) is 24.9 Å². The number of rotatable bonds is 6. The number of hydrogen-bond donors (Lipinski definition) is 1. The molecule has 110 valence electrons. The topological polar surface area (TPSA) is 73.6 Å². The maximum atomic E-state index is 10.9. The monoisotopic (exact) mass is 288 g/mol. The molecule has 2 aromatic carbocycles. The number of nitro groups is 1. The molecule has 0 amide bonds. The van der Waals surface area contributed by atoms with Crippen molar-refractivity contribution in [2.75, 3.05) is 19.0 Å². The van der Waals surface area contributed by atoms with Crippen LogP contribution in [0.1, 0.15) is 6.92 Å². The summed E-state index contributed by atoms with van der Waals surface area (Å²) in [7, 11) is 1.69. The second kappa shape index (κ2) is 6.60. The van der Waals surface area contributed by atoms with Crippen molar-refractivity contribution in [2.24, 2.45) is 0 Å². The summed E-state index contributed by atoms with van der Waals surface area (Å²) in [5.74, 6) is 1.73. The largest absolute Gasteiger partial charge is 0.494 e. The summed E-state index contributed by atoms with van der Waals surface area (Å²) in [6.45, 7) is 2.50. The number of hydrogen-bond acceptors (Lipinski definition) is 5. The lowest BCUT2D eigenvalue weighted by Crippen LogP contribution is -1.95. The van der Waals surface area contributed by atoms with E-state index in [1.165, 1.54) is 12.1 Å². The van der Waals surface area contributed by atoms with Crippen LogP contribution >= 0.6 is 0 Å². The number of nitro benzene ring substituents is 1. The van der Waals surface area contributed by atoms with Gasteiger partial charge >= 0.3 is 0 Å². The van der Waals surface area contributed by atoms with Gasteiger partial charge < -0.3 is 14.8 Å². The van der Waals surface area contributed by atoms with Gasteiger partial charge in [-0.25, -0.2) is 0 Å². The fourth-order valence-corrected chi connectivity index (χ4v) is 1.80. The molecule has 0 radical (unpaired) electrons. The molecular formula is C15H16N2O4. The SMILES string of the molecule is CCOc1ccc(Oc2cc(NC)cc([N+](=O)[O-])c2)cc1. The van der Waals surface area contributed by atoms with E-state index in [0.29, 0.717) is 23.8 Å². The molecule has 0 atom stereocenters. The van der Waals surface area contributed by atoms with Crippen LogP contribution in [-0.4, -0.2) is 18.6 Å². The molecule has 0 bridgehead atoms.